The number of benzene rings is 1. The van der Waals surface area contributed by atoms with E-state index >= 15 is 0 Å². The number of carbonyl (C=O) groups is 3. The van der Waals surface area contributed by atoms with Gasteiger partial charge in [0.1, 0.15) is 11.7 Å². The topological polar surface area (TPSA) is 128 Å². The van der Waals surface area contributed by atoms with Crippen molar-refractivity contribution in [1.82, 2.24) is 5.32 Å². The van der Waals surface area contributed by atoms with Crippen LogP contribution in [-0.2, 0) is 14.3 Å². The summed E-state index contributed by atoms with van der Waals surface area (Å²) in [7, 11) is 0. The van der Waals surface area contributed by atoms with E-state index in [0.717, 1.165) is 0 Å². The lowest BCUT2D eigenvalue weighted by Crippen LogP contribution is -2.47. The summed E-state index contributed by atoms with van der Waals surface area (Å²) in [5.74, 6) is -2.18. The average Bonchev–Trinajstić information content (AvgIpc) is 3.20. The molecule has 9 nitrogen and oxygen atoms in total. The van der Waals surface area contributed by atoms with Gasteiger partial charge in [-0.15, -0.1) is 11.3 Å². The molecule has 0 saturated heterocycles. The van der Waals surface area contributed by atoms with Gasteiger partial charge in [-0.1, -0.05) is 32.0 Å². The van der Waals surface area contributed by atoms with Gasteiger partial charge in [0.2, 0.25) is 0 Å². The number of ether oxygens (including phenoxy) is 1. The molecule has 2 N–H and O–H groups in total. The van der Waals surface area contributed by atoms with Crippen molar-refractivity contribution in [2.45, 2.75) is 32.9 Å². The van der Waals surface area contributed by atoms with Gasteiger partial charge in [0.25, 0.3) is 17.5 Å². The first-order chi connectivity index (χ1) is 13.7. The predicted molar refractivity (Wildman–Crippen MR) is 108 cm³/mol. The fourth-order valence-corrected chi connectivity index (χ4v) is 3.02. The van der Waals surface area contributed by atoms with Gasteiger partial charge in [0.15, 0.2) is 6.10 Å². The normalized spacial score (nSPS) is 12.7. The number of thiophene rings is 1. The Kier molecular flexibility index (Phi) is 7.43. The van der Waals surface area contributed by atoms with E-state index in [0.29, 0.717) is 4.88 Å². The smallest absolute Gasteiger partial charge is 0.329 e. The van der Waals surface area contributed by atoms with Gasteiger partial charge in [-0.3, -0.25) is 19.7 Å². The van der Waals surface area contributed by atoms with Crippen molar-refractivity contribution in [3.63, 3.8) is 0 Å². The summed E-state index contributed by atoms with van der Waals surface area (Å²) in [5.41, 5.74) is -0.278. The van der Waals surface area contributed by atoms with Gasteiger partial charge in [-0.2, -0.15) is 0 Å². The molecule has 0 fully saturated rings. The number of para-hydroxylation sites is 2. The van der Waals surface area contributed by atoms with E-state index in [2.05, 4.69) is 10.6 Å². The van der Waals surface area contributed by atoms with Crippen molar-refractivity contribution in [3.8, 4) is 0 Å². The molecule has 0 aliphatic rings. The fraction of sp³-hybridized carbons (Fsp3) is 0.316. The van der Waals surface area contributed by atoms with Crippen LogP contribution in [-0.4, -0.2) is 34.9 Å². The highest BCUT2D eigenvalue weighted by Crippen LogP contribution is 2.23. The minimum absolute atomic E-state index is 0.00296. The quantitative estimate of drug-likeness (QED) is 0.385. The number of nitro benzene ring substituents is 1. The lowest BCUT2D eigenvalue weighted by atomic mass is 10.0. The second kappa shape index (κ2) is 9.78. The third kappa shape index (κ3) is 5.85. The van der Waals surface area contributed by atoms with Crippen molar-refractivity contribution in [1.29, 1.82) is 0 Å². The Labute approximate surface area is 171 Å². The molecule has 0 unspecified atom stereocenters. The van der Waals surface area contributed by atoms with Crippen molar-refractivity contribution in [3.05, 3.63) is 56.8 Å². The van der Waals surface area contributed by atoms with Crippen molar-refractivity contribution in [2.24, 2.45) is 5.92 Å². The molecular weight excluding hydrogens is 398 g/mol. The molecule has 0 aliphatic carbocycles. The SMILES string of the molecule is CC(C)[C@@H](NC(=O)c1cccs1)C(=O)O[C@@H](C)C(=O)Nc1ccccc1[N+](=O)[O-]. The van der Waals surface area contributed by atoms with Crippen LogP contribution in [0.3, 0.4) is 0 Å². The van der Waals surface area contributed by atoms with Gasteiger partial charge in [0.05, 0.1) is 9.80 Å². The third-order valence-electron chi connectivity index (χ3n) is 3.97. The number of hydrogen-bond acceptors (Lipinski definition) is 7. The van der Waals surface area contributed by atoms with Crippen LogP contribution in [0.15, 0.2) is 41.8 Å². The van der Waals surface area contributed by atoms with Crippen LogP contribution in [0.2, 0.25) is 0 Å². The van der Waals surface area contributed by atoms with Gasteiger partial charge >= 0.3 is 5.97 Å². The van der Waals surface area contributed by atoms with Crippen molar-refractivity contribution < 1.29 is 24.0 Å². The lowest BCUT2D eigenvalue weighted by Gasteiger charge is -2.22. The fourth-order valence-electron chi connectivity index (χ4n) is 2.39. The highest BCUT2D eigenvalue weighted by Gasteiger charge is 2.30. The molecule has 0 spiro atoms. The first-order valence-electron chi connectivity index (χ1n) is 8.79. The molecule has 2 amide bonds. The molecular formula is C19H21N3O6S. The molecule has 2 atom stereocenters. The van der Waals surface area contributed by atoms with E-state index in [1.165, 1.54) is 42.5 Å². The Hall–Kier alpha value is -3.27. The Balaban J connectivity index is 2.02. The van der Waals surface area contributed by atoms with Gasteiger partial charge < -0.3 is 15.4 Å². The van der Waals surface area contributed by atoms with Crippen molar-refractivity contribution >= 4 is 40.5 Å². The summed E-state index contributed by atoms with van der Waals surface area (Å²) in [6.07, 6.45) is -1.22. The van der Waals surface area contributed by atoms with E-state index in [1.807, 2.05) is 0 Å². The van der Waals surface area contributed by atoms with E-state index in [4.69, 9.17) is 4.74 Å². The molecule has 0 aliphatic heterocycles. The first kappa shape index (κ1) is 22.0. The number of hydrogen-bond donors (Lipinski definition) is 2. The minimum Gasteiger partial charge on any atom is -0.451 e. The lowest BCUT2D eigenvalue weighted by molar-refractivity contribution is -0.383. The molecule has 1 aromatic heterocycles. The molecule has 0 radical (unpaired) electrons. The number of amides is 2. The minimum atomic E-state index is -1.22. The Bertz CT molecular complexity index is 897. The maximum absolute atomic E-state index is 12.5. The van der Waals surface area contributed by atoms with Gasteiger partial charge in [-0.25, -0.2) is 4.79 Å². The predicted octanol–water partition coefficient (Wildman–Crippen LogP) is 2.98. The molecule has 1 aromatic carbocycles. The summed E-state index contributed by atoms with van der Waals surface area (Å²) >= 11 is 1.24. The third-order valence-corrected chi connectivity index (χ3v) is 4.84. The average molecular weight is 419 g/mol. The van der Waals surface area contributed by atoms with E-state index in [1.54, 1.807) is 31.4 Å². The van der Waals surface area contributed by atoms with Crippen molar-refractivity contribution in [2.75, 3.05) is 5.32 Å². The summed E-state index contributed by atoms with van der Waals surface area (Å²) in [5, 5.41) is 17.8. The Morgan fingerprint density at radius 2 is 1.79 bits per heavy atom. The molecule has 10 heteroatoms. The maximum atomic E-state index is 12.5. The van der Waals surface area contributed by atoms with Crippen LogP contribution in [0.1, 0.15) is 30.4 Å². The summed E-state index contributed by atoms with van der Waals surface area (Å²) in [4.78, 5) is 47.9. The van der Waals surface area contributed by atoms with Crippen LogP contribution in [0.25, 0.3) is 0 Å². The summed E-state index contributed by atoms with van der Waals surface area (Å²) < 4.78 is 5.19. The van der Waals surface area contributed by atoms with E-state index in [-0.39, 0.29) is 17.3 Å². The second-order valence-corrected chi connectivity index (χ2v) is 7.46. The van der Waals surface area contributed by atoms with E-state index < -0.39 is 34.9 Å². The van der Waals surface area contributed by atoms with E-state index in [9.17, 15) is 24.5 Å². The molecule has 0 saturated carbocycles. The number of nitrogens with one attached hydrogen (secondary N) is 2. The highest BCUT2D eigenvalue weighted by atomic mass is 32.1. The molecule has 29 heavy (non-hydrogen) atoms. The number of rotatable bonds is 8. The summed E-state index contributed by atoms with van der Waals surface area (Å²) in [6, 6.07) is 8.04. The number of nitro groups is 1. The molecule has 2 aromatic rings. The molecule has 154 valence electrons. The zero-order valence-corrected chi connectivity index (χ0v) is 16.9. The zero-order chi connectivity index (χ0) is 21.6. The Morgan fingerprint density at radius 3 is 2.38 bits per heavy atom. The van der Waals surface area contributed by atoms with Crippen LogP contribution < -0.4 is 10.6 Å². The Morgan fingerprint density at radius 1 is 1.10 bits per heavy atom. The number of carbonyl (C=O) groups excluding carboxylic acids is 3. The number of nitrogens with zero attached hydrogens (tertiary/aromatic N) is 1. The number of esters is 1. The molecule has 2 rings (SSSR count). The monoisotopic (exact) mass is 419 g/mol. The molecule has 0 bridgehead atoms. The zero-order valence-electron chi connectivity index (χ0n) is 16.1. The standard InChI is InChI=1S/C19H21N3O6S/c1-11(2)16(21-18(24)15-9-6-10-29-15)19(25)28-12(3)17(23)20-13-7-4-5-8-14(13)22(26)27/h4-12,16H,1-3H3,(H,20,23)(H,21,24)/t12-,16+/m0/s1. The van der Waals surface area contributed by atoms with Crippen LogP contribution in [0.4, 0.5) is 11.4 Å². The van der Waals surface area contributed by atoms with Gasteiger partial charge in [-0.05, 0) is 30.4 Å². The van der Waals surface area contributed by atoms with Crippen LogP contribution in [0.5, 0.6) is 0 Å². The number of anilines is 1. The maximum Gasteiger partial charge on any atom is 0.329 e. The second-order valence-electron chi connectivity index (χ2n) is 6.52. The van der Waals surface area contributed by atoms with Gasteiger partial charge in [0, 0.05) is 6.07 Å². The summed E-state index contributed by atoms with van der Waals surface area (Å²) in [6.45, 7) is 4.82. The first-order valence-corrected chi connectivity index (χ1v) is 9.67. The van der Waals surface area contributed by atoms with Crippen LogP contribution >= 0.6 is 11.3 Å². The van der Waals surface area contributed by atoms with Crippen LogP contribution in [0, 0.1) is 16.0 Å². The largest absolute Gasteiger partial charge is 0.451 e. The molecule has 1 heterocycles. The highest BCUT2D eigenvalue weighted by molar-refractivity contribution is 7.12.